The fraction of sp³-hybridized carbons (Fsp3) is 0.400. The lowest BCUT2D eigenvalue weighted by molar-refractivity contribution is -0.274. The van der Waals surface area contributed by atoms with Crippen LogP contribution in [0.25, 0.3) is 0 Å². The Hall–Kier alpha value is -1.39. The van der Waals surface area contributed by atoms with Crippen molar-refractivity contribution in [1.29, 1.82) is 0 Å². The average Bonchev–Trinajstić information content (AvgIpc) is 2.70. The van der Waals surface area contributed by atoms with E-state index in [0.717, 1.165) is 41.8 Å². The summed E-state index contributed by atoms with van der Waals surface area (Å²) in [5, 5.41) is 3.32. The van der Waals surface area contributed by atoms with Crippen LogP contribution in [-0.2, 0) is 0 Å². The molecule has 0 spiro atoms. The van der Waals surface area contributed by atoms with Crippen molar-refractivity contribution in [2.45, 2.75) is 12.4 Å². The number of rotatable bonds is 6. The first-order valence-corrected chi connectivity index (χ1v) is 9.83. The maximum Gasteiger partial charge on any atom is 0.573 e. The third kappa shape index (κ3) is 7.05. The zero-order valence-corrected chi connectivity index (χ0v) is 20.1. The van der Waals surface area contributed by atoms with Crippen molar-refractivity contribution in [1.82, 2.24) is 10.2 Å². The number of nitrogens with zero attached hydrogens (tertiary/aromatic N) is 1. The molecule has 1 N–H and O–H groups in total. The average molecular weight is 548 g/mol. The molecule has 1 aliphatic rings. The highest BCUT2D eigenvalue weighted by Crippen LogP contribution is 2.41. The van der Waals surface area contributed by atoms with Crippen LogP contribution < -0.4 is 19.5 Å². The highest BCUT2D eigenvalue weighted by molar-refractivity contribution is 9.10. The van der Waals surface area contributed by atoms with Crippen molar-refractivity contribution >= 4 is 40.7 Å². The lowest BCUT2D eigenvalue weighted by Crippen LogP contribution is -2.45. The lowest BCUT2D eigenvalue weighted by atomic mass is 9.96. The number of halogens is 6. The maximum atomic E-state index is 12.5. The van der Waals surface area contributed by atoms with Gasteiger partial charge in [-0.3, -0.25) is 4.90 Å². The van der Waals surface area contributed by atoms with E-state index in [9.17, 15) is 13.2 Å². The van der Waals surface area contributed by atoms with Gasteiger partial charge >= 0.3 is 6.36 Å². The summed E-state index contributed by atoms with van der Waals surface area (Å²) < 4.78 is 53.1. The summed E-state index contributed by atoms with van der Waals surface area (Å²) in [6.45, 7) is 3.26. The Balaban J connectivity index is 0.00000240. The summed E-state index contributed by atoms with van der Waals surface area (Å²) in [5.74, 6) is 0.936. The minimum atomic E-state index is -4.72. The fourth-order valence-electron chi connectivity index (χ4n) is 3.46. The van der Waals surface area contributed by atoms with Crippen LogP contribution in [0.4, 0.5) is 13.2 Å². The van der Waals surface area contributed by atoms with E-state index in [1.807, 2.05) is 12.1 Å². The number of benzene rings is 2. The second kappa shape index (κ2) is 12.0. The molecule has 2 aromatic rings. The van der Waals surface area contributed by atoms with E-state index in [2.05, 4.69) is 30.9 Å². The largest absolute Gasteiger partial charge is 0.573 e. The normalized spacial score (nSPS) is 15.3. The number of piperazine rings is 1. The van der Waals surface area contributed by atoms with Gasteiger partial charge in [0.25, 0.3) is 0 Å². The van der Waals surface area contributed by atoms with Gasteiger partial charge in [-0.25, -0.2) is 0 Å². The number of alkyl halides is 3. The molecule has 11 heteroatoms. The van der Waals surface area contributed by atoms with Crippen LogP contribution in [0.15, 0.2) is 40.9 Å². The molecule has 1 saturated heterocycles. The molecule has 31 heavy (non-hydrogen) atoms. The summed E-state index contributed by atoms with van der Waals surface area (Å²) in [4.78, 5) is 2.28. The second-order valence-electron chi connectivity index (χ2n) is 6.53. The SMILES string of the molecule is COc1cc(Br)c([C@H](c2ccc(OC(F)(F)F)cc2)N2CCNCC2)cc1OC.Cl.Cl. The molecule has 2 aromatic carbocycles. The summed E-state index contributed by atoms with van der Waals surface area (Å²) >= 11 is 3.62. The van der Waals surface area contributed by atoms with Crippen molar-refractivity contribution in [3.05, 3.63) is 52.0 Å². The number of ether oxygens (including phenoxy) is 3. The molecular weight excluding hydrogens is 524 g/mol. The smallest absolute Gasteiger partial charge is 0.493 e. The number of methoxy groups -OCH3 is 2. The third-order valence-electron chi connectivity index (χ3n) is 4.74. The molecule has 3 rings (SSSR count). The predicted octanol–water partition coefficient (Wildman–Crippen LogP) is 5.20. The van der Waals surface area contributed by atoms with Crippen molar-refractivity contribution < 1.29 is 27.4 Å². The molecular formula is C20H24BrCl2F3N2O3. The minimum Gasteiger partial charge on any atom is -0.493 e. The predicted molar refractivity (Wildman–Crippen MR) is 121 cm³/mol. The van der Waals surface area contributed by atoms with E-state index in [-0.39, 0.29) is 36.6 Å². The molecule has 0 saturated carbocycles. The van der Waals surface area contributed by atoms with Gasteiger partial charge in [-0.15, -0.1) is 38.0 Å². The minimum absolute atomic E-state index is 0. The van der Waals surface area contributed by atoms with Gasteiger partial charge in [0.15, 0.2) is 11.5 Å². The molecule has 1 aliphatic heterocycles. The quantitative estimate of drug-likeness (QED) is 0.538. The van der Waals surface area contributed by atoms with Gasteiger partial charge in [0.1, 0.15) is 5.75 Å². The number of hydrogen-bond donors (Lipinski definition) is 1. The molecule has 174 valence electrons. The monoisotopic (exact) mass is 546 g/mol. The zero-order valence-electron chi connectivity index (χ0n) is 16.9. The van der Waals surface area contributed by atoms with Crippen LogP contribution in [0.3, 0.4) is 0 Å². The van der Waals surface area contributed by atoms with Crippen molar-refractivity contribution in [3.8, 4) is 17.2 Å². The van der Waals surface area contributed by atoms with Gasteiger partial charge in [-0.2, -0.15) is 0 Å². The van der Waals surface area contributed by atoms with E-state index < -0.39 is 6.36 Å². The summed E-state index contributed by atoms with van der Waals surface area (Å²) in [7, 11) is 3.13. The molecule has 0 bridgehead atoms. The van der Waals surface area contributed by atoms with Gasteiger partial charge in [0.05, 0.1) is 20.3 Å². The van der Waals surface area contributed by atoms with Crippen LogP contribution in [0.2, 0.25) is 0 Å². The first-order chi connectivity index (χ1) is 13.8. The van der Waals surface area contributed by atoms with E-state index in [4.69, 9.17) is 9.47 Å². The molecule has 0 unspecified atom stereocenters. The Morgan fingerprint density at radius 2 is 1.52 bits per heavy atom. The van der Waals surface area contributed by atoms with Crippen LogP contribution in [0, 0.1) is 0 Å². The van der Waals surface area contributed by atoms with Crippen LogP contribution in [0.5, 0.6) is 17.2 Å². The third-order valence-corrected chi connectivity index (χ3v) is 5.43. The Morgan fingerprint density at radius 3 is 2.03 bits per heavy atom. The lowest BCUT2D eigenvalue weighted by Gasteiger charge is -2.36. The Kier molecular flexibility index (Phi) is 10.7. The zero-order chi connectivity index (χ0) is 21.0. The van der Waals surface area contributed by atoms with Gasteiger partial charge in [-0.05, 0) is 35.4 Å². The molecule has 5 nitrogen and oxygen atoms in total. The molecule has 0 aliphatic carbocycles. The first kappa shape index (κ1) is 27.6. The van der Waals surface area contributed by atoms with E-state index in [0.29, 0.717) is 11.5 Å². The Morgan fingerprint density at radius 1 is 0.968 bits per heavy atom. The molecule has 0 amide bonds. The van der Waals surface area contributed by atoms with Crippen LogP contribution in [0.1, 0.15) is 17.2 Å². The van der Waals surface area contributed by atoms with Crippen molar-refractivity contribution in [2.75, 3.05) is 40.4 Å². The van der Waals surface area contributed by atoms with Gasteiger partial charge in [-0.1, -0.05) is 28.1 Å². The van der Waals surface area contributed by atoms with Crippen molar-refractivity contribution in [3.63, 3.8) is 0 Å². The van der Waals surface area contributed by atoms with E-state index in [1.165, 1.54) is 12.1 Å². The van der Waals surface area contributed by atoms with Crippen molar-refractivity contribution in [2.24, 2.45) is 0 Å². The topological polar surface area (TPSA) is 43.0 Å². The number of hydrogen-bond acceptors (Lipinski definition) is 5. The molecule has 1 heterocycles. The van der Waals surface area contributed by atoms with Gasteiger partial charge < -0.3 is 19.5 Å². The Bertz CT molecular complexity index is 836. The molecule has 0 radical (unpaired) electrons. The summed E-state index contributed by atoms with van der Waals surface area (Å²) in [6, 6.07) is 9.57. The first-order valence-electron chi connectivity index (χ1n) is 9.04. The standard InChI is InChI=1S/C20H22BrF3N2O3.2ClH/c1-27-17-11-15(16(21)12-18(17)28-2)19(26-9-7-25-8-10-26)13-3-5-14(6-4-13)29-20(22,23)24;;/h3-6,11-12,19,25H,7-10H2,1-2H3;2*1H/t19-;;/m0../s1. The highest BCUT2D eigenvalue weighted by Gasteiger charge is 2.32. The van der Waals surface area contributed by atoms with Gasteiger partial charge in [0, 0.05) is 30.7 Å². The summed E-state index contributed by atoms with van der Waals surface area (Å²) in [5.41, 5.74) is 1.79. The van der Waals surface area contributed by atoms with Crippen LogP contribution in [-0.4, -0.2) is 51.7 Å². The summed E-state index contributed by atoms with van der Waals surface area (Å²) in [6.07, 6.45) is -4.72. The second-order valence-corrected chi connectivity index (χ2v) is 7.39. The molecule has 1 atom stereocenters. The van der Waals surface area contributed by atoms with Crippen LogP contribution >= 0.6 is 40.7 Å². The van der Waals surface area contributed by atoms with E-state index in [1.54, 1.807) is 26.4 Å². The molecule has 0 aromatic heterocycles. The fourth-order valence-corrected chi connectivity index (χ4v) is 4.00. The Labute approximate surface area is 200 Å². The number of nitrogens with one attached hydrogen (secondary N) is 1. The molecule has 1 fully saturated rings. The maximum absolute atomic E-state index is 12.5. The highest BCUT2D eigenvalue weighted by atomic mass is 79.9. The van der Waals surface area contributed by atoms with E-state index >= 15 is 0 Å². The van der Waals surface area contributed by atoms with Gasteiger partial charge in [0.2, 0.25) is 0 Å².